The molecule has 5 heteroatoms. The third kappa shape index (κ3) is 2.46. The van der Waals surface area contributed by atoms with Gasteiger partial charge in [-0.3, -0.25) is 4.79 Å². The van der Waals surface area contributed by atoms with Crippen molar-refractivity contribution in [1.82, 2.24) is 0 Å². The van der Waals surface area contributed by atoms with Crippen LogP contribution in [0, 0.1) is 40.4 Å². The second-order valence-corrected chi connectivity index (χ2v) is 10.1. The van der Waals surface area contributed by atoms with Crippen molar-refractivity contribution in [1.29, 1.82) is 0 Å². The smallest absolute Gasteiger partial charge is 0.161 e. The highest BCUT2D eigenvalue weighted by Gasteiger charge is 2.65. The first-order valence-corrected chi connectivity index (χ1v) is 10.4. The zero-order valence-corrected chi connectivity index (χ0v) is 15.9. The Morgan fingerprint density at radius 3 is 2.50 bits per heavy atom. The molecule has 10 atom stereocenters. The number of ketones is 1. The highest BCUT2D eigenvalue weighted by atomic mass is 19.1. The van der Waals surface area contributed by atoms with Crippen LogP contribution >= 0.6 is 0 Å². The van der Waals surface area contributed by atoms with Gasteiger partial charge in [0.15, 0.2) is 5.78 Å². The molecule has 0 amide bonds. The molecule has 0 heterocycles. The number of carbonyl (C=O) groups excluding carboxylic acids is 1. The van der Waals surface area contributed by atoms with Gasteiger partial charge < -0.3 is 15.3 Å². The minimum absolute atomic E-state index is 0.0491. The number of hydrogen-bond acceptors (Lipinski definition) is 4. The van der Waals surface area contributed by atoms with Crippen LogP contribution in [0.1, 0.15) is 58.8 Å². The summed E-state index contributed by atoms with van der Waals surface area (Å²) in [5.74, 6) is -0.148. The summed E-state index contributed by atoms with van der Waals surface area (Å²) in [4.78, 5) is 12.3. The SMILES string of the molecule is C[C@]12CC[C@@H](O)C[C@H]1[C@@H](F)C[C@@H]1[C@@H]2[C@H](O)C[C@]2(C)[C@@H](C(=O)CO)CC[C@@H]12. The molecule has 4 rings (SSSR count). The van der Waals surface area contributed by atoms with Gasteiger partial charge in [0, 0.05) is 5.92 Å². The number of alkyl halides is 1. The monoisotopic (exact) mass is 368 g/mol. The number of carbonyl (C=O) groups is 1. The van der Waals surface area contributed by atoms with Crippen molar-refractivity contribution in [3.8, 4) is 0 Å². The zero-order valence-electron chi connectivity index (χ0n) is 15.9. The first-order valence-electron chi connectivity index (χ1n) is 10.4. The van der Waals surface area contributed by atoms with E-state index in [1.165, 1.54) is 0 Å². The summed E-state index contributed by atoms with van der Waals surface area (Å²) in [6.45, 7) is 3.76. The maximum atomic E-state index is 15.2. The van der Waals surface area contributed by atoms with Gasteiger partial charge in [-0.1, -0.05) is 13.8 Å². The topological polar surface area (TPSA) is 77.8 Å². The third-order valence-corrected chi connectivity index (χ3v) is 9.08. The van der Waals surface area contributed by atoms with Crippen molar-refractivity contribution in [2.75, 3.05) is 6.61 Å². The van der Waals surface area contributed by atoms with Crippen molar-refractivity contribution in [2.45, 2.75) is 77.2 Å². The lowest BCUT2D eigenvalue weighted by molar-refractivity contribution is -0.196. The van der Waals surface area contributed by atoms with E-state index in [2.05, 4.69) is 13.8 Å². The molecule has 0 bridgehead atoms. The quantitative estimate of drug-likeness (QED) is 0.700. The molecule has 4 nitrogen and oxygen atoms in total. The van der Waals surface area contributed by atoms with Crippen LogP contribution in [-0.4, -0.2) is 46.1 Å². The Morgan fingerprint density at radius 1 is 1.08 bits per heavy atom. The molecule has 4 saturated carbocycles. The summed E-state index contributed by atoms with van der Waals surface area (Å²) in [5.41, 5.74) is -0.612. The molecule has 0 aromatic carbocycles. The maximum Gasteiger partial charge on any atom is 0.161 e. The van der Waals surface area contributed by atoms with Gasteiger partial charge in [-0.25, -0.2) is 4.39 Å². The number of halogens is 1. The summed E-state index contributed by atoms with van der Waals surface area (Å²) in [7, 11) is 0. The summed E-state index contributed by atoms with van der Waals surface area (Å²) in [6, 6.07) is 0. The van der Waals surface area contributed by atoms with E-state index in [0.717, 1.165) is 19.3 Å². The molecule has 4 fully saturated rings. The molecule has 4 aliphatic rings. The van der Waals surface area contributed by atoms with Crippen molar-refractivity contribution in [3.05, 3.63) is 0 Å². The number of Topliss-reactive ketones (excluding diaryl/α,β-unsaturated/α-hetero) is 1. The number of rotatable bonds is 2. The van der Waals surface area contributed by atoms with E-state index < -0.39 is 25.0 Å². The van der Waals surface area contributed by atoms with Crippen molar-refractivity contribution < 1.29 is 24.5 Å². The third-order valence-electron chi connectivity index (χ3n) is 9.08. The molecule has 0 radical (unpaired) electrons. The molecule has 0 saturated heterocycles. The van der Waals surface area contributed by atoms with Gasteiger partial charge in [-0.2, -0.15) is 0 Å². The summed E-state index contributed by atoms with van der Waals surface area (Å²) >= 11 is 0. The first kappa shape index (κ1) is 18.8. The number of fused-ring (bicyclic) bond motifs is 5. The molecule has 3 N–H and O–H groups in total. The molecular weight excluding hydrogens is 335 g/mol. The normalized spacial score (nSPS) is 56.4. The largest absolute Gasteiger partial charge is 0.393 e. The molecule has 4 aliphatic carbocycles. The van der Waals surface area contributed by atoms with Gasteiger partial charge >= 0.3 is 0 Å². The zero-order chi connectivity index (χ0) is 18.9. The predicted octanol–water partition coefficient (Wildman–Crippen LogP) is 2.49. The van der Waals surface area contributed by atoms with Crippen molar-refractivity contribution >= 4 is 5.78 Å². The van der Waals surface area contributed by atoms with Gasteiger partial charge in [0.25, 0.3) is 0 Å². The molecule has 0 unspecified atom stereocenters. The lowest BCUT2D eigenvalue weighted by Crippen LogP contribution is -2.62. The Balaban J connectivity index is 1.69. The van der Waals surface area contributed by atoms with E-state index in [9.17, 15) is 20.1 Å². The van der Waals surface area contributed by atoms with E-state index in [1.807, 2.05) is 0 Å². The maximum absolute atomic E-state index is 15.2. The van der Waals surface area contributed by atoms with E-state index in [-0.39, 0.29) is 46.2 Å². The Hall–Kier alpha value is -0.520. The predicted molar refractivity (Wildman–Crippen MR) is 95.0 cm³/mol. The average molecular weight is 368 g/mol. The van der Waals surface area contributed by atoms with Crippen LogP contribution in [0.3, 0.4) is 0 Å². The Morgan fingerprint density at radius 2 is 1.81 bits per heavy atom. The van der Waals surface area contributed by atoms with E-state index in [4.69, 9.17) is 0 Å². The lowest BCUT2D eigenvalue weighted by Gasteiger charge is -2.62. The number of aliphatic hydroxyl groups is 3. The van der Waals surface area contributed by atoms with E-state index >= 15 is 4.39 Å². The van der Waals surface area contributed by atoms with Crippen LogP contribution in [0.5, 0.6) is 0 Å². The summed E-state index contributed by atoms with van der Waals surface area (Å²) in [5, 5.41) is 30.6. The van der Waals surface area contributed by atoms with Gasteiger partial charge in [-0.05, 0) is 79.4 Å². The lowest BCUT2D eigenvalue weighted by atomic mass is 9.43. The Kier molecular flexibility index (Phi) is 4.52. The van der Waals surface area contributed by atoms with Crippen molar-refractivity contribution in [2.24, 2.45) is 40.4 Å². The number of aliphatic hydroxyl groups excluding tert-OH is 3. The van der Waals surface area contributed by atoms with Crippen LogP contribution in [0.2, 0.25) is 0 Å². The fourth-order valence-corrected chi connectivity index (χ4v) is 7.99. The molecule has 0 aromatic rings. The summed E-state index contributed by atoms with van der Waals surface area (Å²) < 4.78 is 15.2. The minimum Gasteiger partial charge on any atom is -0.393 e. The average Bonchev–Trinajstić information content (AvgIpc) is 2.92. The van der Waals surface area contributed by atoms with Crippen LogP contribution in [0.25, 0.3) is 0 Å². The second kappa shape index (κ2) is 6.25. The van der Waals surface area contributed by atoms with E-state index in [1.54, 1.807) is 0 Å². The first-order chi connectivity index (χ1) is 12.2. The highest BCUT2D eigenvalue weighted by molar-refractivity contribution is 5.83. The van der Waals surface area contributed by atoms with Crippen LogP contribution < -0.4 is 0 Å². The molecule has 0 aliphatic heterocycles. The van der Waals surface area contributed by atoms with Crippen molar-refractivity contribution in [3.63, 3.8) is 0 Å². The van der Waals surface area contributed by atoms with Crippen LogP contribution in [0.15, 0.2) is 0 Å². The number of hydrogen-bond donors (Lipinski definition) is 3. The second-order valence-electron chi connectivity index (χ2n) is 10.1. The highest BCUT2D eigenvalue weighted by Crippen LogP contribution is 2.67. The minimum atomic E-state index is -0.946. The fraction of sp³-hybridized carbons (Fsp3) is 0.952. The van der Waals surface area contributed by atoms with Gasteiger partial charge in [0.1, 0.15) is 12.8 Å². The van der Waals surface area contributed by atoms with E-state index in [0.29, 0.717) is 25.7 Å². The molecule has 0 spiro atoms. The Bertz CT molecular complexity index is 582. The van der Waals surface area contributed by atoms with Crippen LogP contribution in [0.4, 0.5) is 4.39 Å². The molecule has 148 valence electrons. The molecule has 26 heavy (non-hydrogen) atoms. The summed E-state index contributed by atoms with van der Waals surface area (Å²) in [6.07, 6.45) is 2.67. The van der Waals surface area contributed by atoms with Crippen LogP contribution in [-0.2, 0) is 4.79 Å². The molecular formula is C21H33FO4. The Labute approximate surface area is 155 Å². The molecule has 0 aromatic heterocycles. The van der Waals surface area contributed by atoms with Gasteiger partial charge in [-0.15, -0.1) is 0 Å². The van der Waals surface area contributed by atoms with Gasteiger partial charge in [0.2, 0.25) is 0 Å². The van der Waals surface area contributed by atoms with Gasteiger partial charge in [0.05, 0.1) is 12.2 Å². The fourth-order valence-electron chi connectivity index (χ4n) is 7.99. The standard InChI is InChI=1S/C21H33FO4/c1-20-6-5-11(24)7-15(20)16(22)8-12-13-3-4-14(18(26)10-23)21(13,2)9-17(25)19(12)20/h11-17,19,23-25H,3-10H2,1-2H3/t11-,12+,13+,14-,15+,16+,17-,19-,20+,21+/m1/s1.